The smallest absolute Gasteiger partial charge is 0.319 e. The molecular weight excluding hydrogens is 536 g/mol. The number of rotatable bonds is 7. The molecule has 0 spiro atoms. The van der Waals surface area contributed by atoms with Crippen molar-refractivity contribution >= 4 is 11.8 Å². The van der Waals surface area contributed by atoms with Crippen molar-refractivity contribution in [2.45, 2.75) is 52.0 Å². The van der Waals surface area contributed by atoms with Gasteiger partial charge in [0.1, 0.15) is 11.5 Å². The van der Waals surface area contributed by atoms with Crippen molar-refractivity contribution in [3.05, 3.63) is 47.5 Å². The monoisotopic (exact) mass is 576 g/mol. The van der Waals surface area contributed by atoms with Gasteiger partial charge >= 0.3 is 6.01 Å². The molecule has 0 bridgehead atoms. The zero-order chi connectivity index (χ0) is 30.0. The fraction of sp³-hybridized carbons (Fsp3) is 0.484. The van der Waals surface area contributed by atoms with Gasteiger partial charge in [-0.25, -0.2) is 4.57 Å². The number of carbonyl (C=O) groups excluding carboxylic acids is 2. The average molecular weight is 577 g/mol. The van der Waals surface area contributed by atoms with Crippen molar-refractivity contribution in [2.24, 2.45) is 11.8 Å². The molecule has 0 unspecified atom stereocenters. The fourth-order valence-corrected chi connectivity index (χ4v) is 6.09. The molecule has 3 aromatic rings. The summed E-state index contributed by atoms with van der Waals surface area (Å²) < 4.78 is 1.47. The number of amides is 2. The van der Waals surface area contributed by atoms with E-state index in [1.807, 2.05) is 43.0 Å². The number of carbonyl (C=O) groups is 2. The highest BCUT2D eigenvalue weighted by Gasteiger charge is 2.32. The van der Waals surface area contributed by atoms with Gasteiger partial charge in [0.15, 0.2) is 5.82 Å². The summed E-state index contributed by atoms with van der Waals surface area (Å²) in [6, 6.07) is 10.4. The lowest BCUT2D eigenvalue weighted by molar-refractivity contribution is -0.140. The molecule has 224 valence electrons. The Morgan fingerprint density at radius 1 is 0.905 bits per heavy atom. The zero-order valence-electron chi connectivity index (χ0n) is 24.5. The molecule has 0 aliphatic carbocycles. The van der Waals surface area contributed by atoms with Crippen LogP contribution in [0.5, 0.6) is 17.5 Å². The van der Waals surface area contributed by atoms with E-state index in [4.69, 9.17) is 0 Å². The molecule has 5 rings (SSSR count). The SMILES string of the molecule is CNC(=O)C1CCN(C(=O)C2CCN(Cc3ccc(-n4c(O)nnc4-c4cc(C(C)C)c(O)cc4O)cc3)CC2)CC1. The second kappa shape index (κ2) is 12.4. The second-order valence-electron chi connectivity index (χ2n) is 11.7. The fourth-order valence-electron chi connectivity index (χ4n) is 6.09. The van der Waals surface area contributed by atoms with Crippen molar-refractivity contribution < 1.29 is 24.9 Å². The summed E-state index contributed by atoms with van der Waals surface area (Å²) in [6.07, 6.45) is 3.09. The van der Waals surface area contributed by atoms with Gasteiger partial charge in [0.2, 0.25) is 11.8 Å². The Hall–Kier alpha value is -4.12. The third kappa shape index (κ3) is 6.06. The maximum Gasteiger partial charge on any atom is 0.319 e. The minimum Gasteiger partial charge on any atom is -0.508 e. The third-order valence-electron chi connectivity index (χ3n) is 8.62. The van der Waals surface area contributed by atoms with Crippen molar-refractivity contribution in [1.82, 2.24) is 29.9 Å². The van der Waals surface area contributed by atoms with Crippen LogP contribution in [-0.4, -0.2) is 84.9 Å². The Labute approximate surface area is 245 Å². The van der Waals surface area contributed by atoms with Gasteiger partial charge in [-0.15, -0.1) is 5.10 Å². The lowest BCUT2D eigenvalue weighted by Gasteiger charge is -2.37. The van der Waals surface area contributed by atoms with E-state index in [-0.39, 0.29) is 52.9 Å². The van der Waals surface area contributed by atoms with Gasteiger partial charge in [0.05, 0.1) is 11.3 Å². The maximum atomic E-state index is 13.1. The number of nitrogens with one attached hydrogen (secondary N) is 1. The highest BCUT2D eigenvalue weighted by Crippen LogP contribution is 2.39. The van der Waals surface area contributed by atoms with Crippen LogP contribution in [0.25, 0.3) is 17.1 Å². The number of hydrogen-bond donors (Lipinski definition) is 4. The molecular formula is C31H40N6O5. The van der Waals surface area contributed by atoms with Gasteiger partial charge < -0.3 is 25.5 Å². The quantitative estimate of drug-likeness (QED) is 0.335. The third-order valence-corrected chi connectivity index (χ3v) is 8.62. The minimum atomic E-state index is -0.305. The topological polar surface area (TPSA) is 144 Å². The number of piperidine rings is 2. The molecule has 0 atom stereocenters. The number of hydrogen-bond acceptors (Lipinski definition) is 8. The summed E-state index contributed by atoms with van der Waals surface area (Å²) in [4.78, 5) is 29.3. The molecule has 0 saturated carbocycles. The average Bonchev–Trinajstić information content (AvgIpc) is 3.37. The van der Waals surface area contributed by atoms with Crippen LogP contribution in [0.4, 0.5) is 0 Å². The summed E-state index contributed by atoms with van der Waals surface area (Å²) in [5, 5.41) is 42.0. The molecule has 1 aromatic heterocycles. The van der Waals surface area contributed by atoms with Crippen LogP contribution < -0.4 is 5.32 Å². The van der Waals surface area contributed by atoms with Crippen LogP contribution in [0.1, 0.15) is 56.6 Å². The summed E-state index contributed by atoms with van der Waals surface area (Å²) >= 11 is 0. The molecule has 0 radical (unpaired) electrons. The van der Waals surface area contributed by atoms with Gasteiger partial charge in [-0.1, -0.05) is 31.1 Å². The number of likely N-dealkylation sites (tertiary alicyclic amines) is 2. The van der Waals surface area contributed by atoms with E-state index >= 15 is 0 Å². The first-order chi connectivity index (χ1) is 20.2. The summed E-state index contributed by atoms with van der Waals surface area (Å²) in [7, 11) is 1.66. The first-order valence-corrected chi connectivity index (χ1v) is 14.7. The van der Waals surface area contributed by atoms with E-state index < -0.39 is 0 Å². The van der Waals surface area contributed by atoms with Crippen molar-refractivity contribution in [3.8, 4) is 34.6 Å². The van der Waals surface area contributed by atoms with Gasteiger partial charge in [-0.2, -0.15) is 0 Å². The van der Waals surface area contributed by atoms with Crippen LogP contribution in [0, 0.1) is 11.8 Å². The molecule has 2 amide bonds. The number of aromatic hydroxyl groups is 3. The molecule has 2 saturated heterocycles. The van der Waals surface area contributed by atoms with Crippen LogP contribution >= 0.6 is 0 Å². The molecule has 4 N–H and O–H groups in total. The normalized spacial score (nSPS) is 17.1. The van der Waals surface area contributed by atoms with Gasteiger partial charge in [-0.05, 0) is 74.0 Å². The van der Waals surface area contributed by atoms with Crippen LogP contribution in [-0.2, 0) is 16.1 Å². The molecule has 2 aliphatic rings. The van der Waals surface area contributed by atoms with E-state index in [0.29, 0.717) is 29.9 Å². The van der Waals surface area contributed by atoms with Crippen molar-refractivity contribution in [3.63, 3.8) is 0 Å². The predicted molar refractivity (Wildman–Crippen MR) is 157 cm³/mol. The lowest BCUT2D eigenvalue weighted by Crippen LogP contribution is -2.47. The number of phenols is 2. The summed E-state index contributed by atoms with van der Waals surface area (Å²) in [5.41, 5.74) is 2.76. The number of nitrogens with zero attached hydrogens (tertiary/aromatic N) is 5. The van der Waals surface area contributed by atoms with Gasteiger partial charge in [0, 0.05) is 44.6 Å². The molecule has 11 nitrogen and oxygen atoms in total. The first-order valence-electron chi connectivity index (χ1n) is 14.7. The van der Waals surface area contributed by atoms with Gasteiger partial charge in [0.25, 0.3) is 0 Å². The number of aromatic nitrogens is 3. The Morgan fingerprint density at radius 2 is 1.55 bits per heavy atom. The van der Waals surface area contributed by atoms with Crippen LogP contribution in [0.15, 0.2) is 36.4 Å². The summed E-state index contributed by atoms with van der Waals surface area (Å²) in [5.74, 6) is 0.458. The Bertz CT molecular complexity index is 1420. The Kier molecular flexibility index (Phi) is 8.67. The molecule has 3 heterocycles. The molecule has 42 heavy (non-hydrogen) atoms. The van der Waals surface area contributed by atoms with Crippen LogP contribution in [0.2, 0.25) is 0 Å². The standard InChI is InChI=1S/C31H40N6O5/c1-19(2)24-16-25(27(39)17-26(24)38)28-33-34-31(42)37(28)23-6-4-20(5-7-23)18-35-12-8-22(9-13-35)30(41)36-14-10-21(11-15-36)29(40)32-3/h4-7,16-17,19,21-22,38-39H,8-15,18H2,1-3H3,(H,32,40)(H,34,42). The predicted octanol–water partition coefficient (Wildman–Crippen LogP) is 3.37. The minimum absolute atomic E-state index is 0.00166. The first kappa shape index (κ1) is 29.4. The van der Waals surface area contributed by atoms with E-state index in [2.05, 4.69) is 20.4 Å². The molecule has 11 heteroatoms. The molecule has 2 aromatic carbocycles. The zero-order valence-corrected chi connectivity index (χ0v) is 24.5. The Morgan fingerprint density at radius 3 is 2.17 bits per heavy atom. The lowest BCUT2D eigenvalue weighted by atomic mass is 9.91. The summed E-state index contributed by atoms with van der Waals surface area (Å²) in [6.45, 7) is 7.60. The van der Waals surface area contributed by atoms with E-state index in [9.17, 15) is 24.9 Å². The second-order valence-corrected chi connectivity index (χ2v) is 11.7. The Balaban J connectivity index is 1.20. The number of phenolic OH excluding ortho intramolecular Hbond substituents is 2. The van der Waals surface area contributed by atoms with Crippen molar-refractivity contribution in [2.75, 3.05) is 33.2 Å². The van der Waals surface area contributed by atoms with E-state index in [0.717, 1.165) is 50.9 Å². The highest BCUT2D eigenvalue weighted by atomic mass is 16.3. The highest BCUT2D eigenvalue weighted by molar-refractivity contribution is 5.81. The molecule has 2 aliphatic heterocycles. The van der Waals surface area contributed by atoms with Crippen LogP contribution in [0.3, 0.4) is 0 Å². The largest absolute Gasteiger partial charge is 0.508 e. The van der Waals surface area contributed by atoms with Crippen molar-refractivity contribution in [1.29, 1.82) is 0 Å². The van der Waals surface area contributed by atoms with E-state index in [1.165, 1.54) is 10.6 Å². The van der Waals surface area contributed by atoms with Gasteiger partial charge in [-0.3, -0.25) is 14.5 Å². The van der Waals surface area contributed by atoms with E-state index in [1.54, 1.807) is 13.1 Å². The molecule has 2 fully saturated rings. The maximum absolute atomic E-state index is 13.1. The number of benzene rings is 2.